The van der Waals surface area contributed by atoms with Crippen LogP contribution in [0.5, 0.6) is 0 Å². The number of carboxylic acid groups (broad SMARTS) is 1. The molecule has 0 aliphatic rings. The molecule has 8 heteroatoms. The average Bonchev–Trinajstić information content (AvgIpc) is 2.22. The highest BCUT2D eigenvalue weighted by atomic mass is 32.2. The summed E-state index contributed by atoms with van der Waals surface area (Å²) >= 11 is 1.31. The molecule has 17 heavy (non-hydrogen) atoms. The molecule has 4 N–H and O–H groups in total. The first-order valence-electron chi connectivity index (χ1n) is 4.84. The molecule has 0 radical (unpaired) electrons. The molecule has 0 fully saturated rings. The minimum Gasteiger partial charge on any atom is -0.480 e. The molecule has 98 valence electrons. The number of carboxylic acids is 1. The summed E-state index contributed by atoms with van der Waals surface area (Å²) < 4.78 is 4.79. The molecule has 0 aromatic rings. The topological polar surface area (TPSA) is 119 Å². The van der Waals surface area contributed by atoms with Gasteiger partial charge in [0.2, 0.25) is 11.8 Å². The number of methoxy groups -OCH3 is 1. The van der Waals surface area contributed by atoms with E-state index in [0.29, 0.717) is 12.4 Å². The molecule has 7 nitrogen and oxygen atoms in total. The fraction of sp³-hybridized carbons (Fsp3) is 0.667. The largest absolute Gasteiger partial charge is 0.480 e. The van der Waals surface area contributed by atoms with Crippen molar-refractivity contribution in [2.45, 2.75) is 12.5 Å². The number of ether oxygens (including phenoxy) is 1. The molecular weight excluding hydrogens is 248 g/mol. The maximum atomic E-state index is 11.3. The molecule has 2 amide bonds. The number of nitrogens with one attached hydrogen (secondary N) is 1. The van der Waals surface area contributed by atoms with Gasteiger partial charge in [0.25, 0.3) is 0 Å². The van der Waals surface area contributed by atoms with Gasteiger partial charge in [-0.25, -0.2) is 4.79 Å². The van der Waals surface area contributed by atoms with Gasteiger partial charge >= 0.3 is 5.97 Å². The fourth-order valence-corrected chi connectivity index (χ4v) is 1.64. The van der Waals surface area contributed by atoms with E-state index in [1.54, 1.807) is 7.11 Å². The fourth-order valence-electron chi connectivity index (χ4n) is 0.944. The highest BCUT2D eigenvalue weighted by Gasteiger charge is 2.21. The monoisotopic (exact) mass is 264 g/mol. The Balaban J connectivity index is 3.96. The Morgan fingerprint density at radius 3 is 2.59 bits per heavy atom. The number of primary amides is 1. The predicted octanol–water partition coefficient (Wildman–Crippen LogP) is -1.19. The lowest BCUT2D eigenvalue weighted by molar-refractivity contribution is -0.143. The van der Waals surface area contributed by atoms with Gasteiger partial charge in [0, 0.05) is 12.9 Å². The van der Waals surface area contributed by atoms with Crippen LogP contribution in [0.15, 0.2) is 0 Å². The van der Waals surface area contributed by atoms with Gasteiger partial charge in [-0.05, 0) is 0 Å². The lowest BCUT2D eigenvalue weighted by Gasteiger charge is -2.12. The van der Waals surface area contributed by atoms with Gasteiger partial charge in [-0.15, -0.1) is 11.8 Å². The van der Waals surface area contributed by atoms with Crippen LogP contribution in [0, 0.1) is 0 Å². The molecule has 0 heterocycles. The summed E-state index contributed by atoms with van der Waals surface area (Å²) in [6, 6.07) is -1.26. The second-order valence-electron chi connectivity index (χ2n) is 3.17. The number of nitrogens with two attached hydrogens (primary N) is 1. The summed E-state index contributed by atoms with van der Waals surface area (Å²) in [6.45, 7) is 0.515. The van der Waals surface area contributed by atoms with Gasteiger partial charge in [-0.1, -0.05) is 0 Å². The zero-order valence-corrected chi connectivity index (χ0v) is 10.3. The van der Waals surface area contributed by atoms with E-state index in [-0.39, 0.29) is 5.75 Å². The van der Waals surface area contributed by atoms with E-state index in [1.165, 1.54) is 11.8 Å². The molecule has 0 saturated carbocycles. The van der Waals surface area contributed by atoms with Gasteiger partial charge in [-0.3, -0.25) is 9.59 Å². The van der Waals surface area contributed by atoms with Crippen LogP contribution in [0.2, 0.25) is 0 Å². The number of hydrogen-bond donors (Lipinski definition) is 3. The molecular formula is C9H16N2O5S. The molecule has 0 aromatic heterocycles. The molecule has 0 bridgehead atoms. The first-order valence-corrected chi connectivity index (χ1v) is 6.00. The van der Waals surface area contributed by atoms with Crippen molar-refractivity contribution in [2.75, 3.05) is 25.2 Å². The van der Waals surface area contributed by atoms with E-state index < -0.39 is 30.2 Å². The van der Waals surface area contributed by atoms with Crippen LogP contribution in [0.25, 0.3) is 0 Å². The van der Waals surface area contributed by atoms with Gasteiger partial charge in [0.1, 0.15) is 6.04 Å². The Hall–Kier alpha value is -1.28. The van der Waals surface area contributed by atoms with E-state index in [4.69, 9.17) is 15.6 Å². The van der Waals surface area contributed by atoms with Crippen LogP contribution < -0.4 is 11.1 Å². The van der Waals surface area contributed by atoms with Crippen molar-refractivity contribution < 1.29 is 24.2 Å². The van der Waals surface area contributed by atoms with E-state index in [1.807, 2.05) is 0 Å². The standard InChI is InChI=1S/C9H16N2O5S/c1-16-2-3-17-5-8(13)11-6(9(14)15)4-7(10)12/h6H,2-5H2,1H3,(H2,10,12)(H,11,13)(H,14,15)/t6-/m1/s1. The van der Waals surface area contributed by atoms with Gasteiger partial charge in [-0.2, -0.15) is 0 Å². The van der Waals surface area contributed by atoms with Crippen LogP contribution in [0.4, 0.5) is 0 Å². The van der Waals surface area contributed by atoms with Crippen molar-refractivity contribution in [2.24, 2.45) is 5.73 Å². The van der Waals surface area contributed by atoms with Gasteiger partial charge in [0.05, 0.1) is 18.8 Å². The van der Waals surface area contributed by atoms with Crippen LogP contribution in [0.3, 0.4) is 0 Å². The third-order valence-electron chi connectivity index (χ3n) is 1.70. The van der Waals surface area contributed by atoms with Crippen molar-refractivity contribution in [3.8, 4) is 0 Å². The van der Waals surface area contributed by atoms with E-state index in [0.717, 1.165) is 0 Å². The van der Waals surface area contributed by atoms with E-state index >= 15 is 0 Å². The zero-order valence-electron chi connectivity index (χ0n) is 9.47. The lowest BCUT2D eigenvalue weighted by atomic mass is 10.2. The Kier molecular flexibility index (Phi) is 8.16. The molecule has 0 aromatic carbocycles. The number of thioether (sulfide) groups is 1. The smallest absolute Gasteiger partial charge is 0.326 e. The quantitative estimate of drug-likeness (QED) is 0.451. The van der Waals surface area contributed by atoms with Gasteiger partial charge in [0.15, 0.2) is 0 Å². The maximum absolute atomic E-state index is 11.3. The number of carbonyl (C=O) groups excluding carboxylic acids is 2. The number of amides is 2. The first-order chi connectivity index (χ1) is 7.97. The lowest BCUT2D eigenvalue weighted by Crippen LogP contribution is -2.44. The van der Waals surface area contributed by atoms with Crippen molar-refractivity contribution in [1.29, 1.82) is 0 Å². The minimum atomic E-state index is -1.28. The highest BCUT2D eigenvalue weighted by molar-refractivity contribution is 7.99. The summed E-state index contributed by atoms with van der Waals surface area (Å²) in [5.41, 5.74) is 4.87. The third kappa shape index (κ3) is 8.52. The summed E-state index contributed by atoms with van der Waals surface area (Å²) in [5.74, 6) is -1.74. The molecule has 0 rings (SSSR count). The normalized spacial score (nSPS) is 11.8. The molecule has 1 atom stereocenters. The zero-order chi connectivity index (χ0) is 13.3. The second kappa shape index (κ2) is 8.82. The van der Waals surface area contributed by atoms with Crippen LogP contribution >= 0.6 is 11.8 Å². The minimum absolute atomic E-state index is 0.117. The Morgan fingerprint density at radius 2 is 2.12 bits per heavy atom. The molecule has 0 unspecified atom stereocenters. The summed E-state index contributed by atoms with van der Waals surface area (Å²) in [4.78, 5) is 32.6. The number of rotatable bonds is 9. The molecule has 0 saturated heterocycles. The van der Waals surface area contributed by atoms with Crippen LogP contribution in [0.1, 0.15) is 6.42 Å². The second-order valence-corrected chi connectivity index (χ2v) is 4.28. The van der Waals surface area contributed by atoms with Crippen molar-refractivity contribution in [1.82, 2.24) is 5.32 Å². The van der Waals surface area contributed by atoms with Crippen molar-refractivity contribution in [3.05, 3.63) is 0 Å². The van der Waals surface area contributed by atoms with Gasteiger partial charge < -0.3 is 20.9 Å². The predicted molar refractivity (Wildman–Crippen MR) is 62.6 cm³/mol. The summed E-state index contributed by atoms with van der Waals surface area (Å²) in [5, 5.41) is 11.0. The SMILES string of the molecule is COCCSCC(=O)N[C@H](CC(N)=O)C(=O)O. The Labute approximate surface area is 103 Å². The van der Waals surface area contributed by atoms with Crippen molar-refractivity contribution >= 4 is 29.5 Å². The van der Waals surface area contributed by atoms with E-state index in [9.17, 15) is 14.4 Å². The van der Waals surface area contributed by atoms with E-state index in [2.05, 4.69) is 5.32 Å². The highest BCUT2D eigenvalue weighted by Crippen LogP contribution is 2.00. The Morgan fingerprint density at radius 1 is 1.47 bits per heavy atom. The first kappa shape index (κ1) is 15.7. The Bertz CT molecular complexity index is 285. The maximum Gasteiger partial charge on any atom is 0.326 e. The third-order valence-corrected chi connectivity index (χ3v) is 2.63. The summed E-state index contributed by atoms with van der Waals surface area (Å²) in [7, 11) is 1.55. The number of hydrogen-bond acceptors (Lipinski definition) is 5. The molecule has 0 spiro atoms. The van der Waals surface area contributed by atoms with Crippen LogP contribution in [-0.2, 0) is 19.1 Å². The summed E-state index contributed by atoms with van der Waals surface area (Å²) in [6.07, 6.45) is -0.413. The average molecular weight is 264 g/mol. The number of carbonyl (C=O) groups is 3. The molecule has 0 aliphatic heterocycles. The van der Waals surface area contributed by atoms with Crippen LogP contribution in [-0.4, -0.2) is 54.2 Å². The van der Waals surface area contributed by atoms with Crippen molar-refractivity contribution in [3.63, 3.8) is 0 Å². The number of aliphatic carboxylic acids is 1. The molecule has 0 aliphatic carbocycles.